The van der Waals surface area contributed by atoms with Gasteiger partial charge in [0.2, 0.25) is 5.78 Å². The fraction of sp³-hybridized carbons (Fsp3) is 0.0769. The first-order valence-electron chi connectivity index (χ1n) is 5.11. The van der Waals surface area contributed by atoms with Crippen LogP contribution in [-0.4, -0.2) is 17.9 Å². The van der Waals surface area contributed by atoms with E-state index in [0.29, 0.717) is 17.0 Å². The van der Waals surface area contributed by atoms with Crippen molar-refractivity contribution in [1.82, 2.24) is 4.98 Å². The molecule has 1 aromatic heterocycles. The lowest BCUT2D eigenvalue weighted by atomic mass is 10.1. The smallest absolute Gasteiger partial charge is 0.213 e. The van der Waals surface area contributed by atoms with Crippen molar-refractivity contribution in [3.8, 4) is 5.75 Å². The van der Waals surface area contributed by atoms with Gasteiger partial charge in [0.1, 0.15) is 11.4 Å². The number of anilines is 1. The van der Waals surface area contributed by atoms with Gasteiger partial charge in [-0.1, -0.05) is 0 Å². The molecule has 4 nitrogen and oxygen atoms in total. The van der Waals surface area contributed by atoms with Gasteiger partial charge in [0.25, 0.3) is 0 Å². The highest BCUT2D eigenvalue weighted by atomic mass is 16.5. The molecule has 0 spiro atoms. The minimum absolute atomic E-state index is 0.189. The fourth-order valence-electron chi connectivity index (χ4n) is 1.49. The summed E-state index contributed by atoms with van der Waals surface area (Å²) in [4.78, 5) is 16.1. The third-order valence-corrected chi connectivity index (χ3v) is 2.41. The zero-order chi connectivity index (χ0) is 12.3. The van der Waals surface area contributed by atoms with E-state index in [-0.39, 0.29) is 11.5 Å². The summed E-state index contributed by atoms with van der Waals surface area (Å²) < 4.78 is 5.03. The summed E-state index contributed by atoms with van der Waals surface area (Å²) in [5, 5.41) is 0. The van der Waals surface area contributed by atoms with Crippen LogP contribution in [-0.2, 0) is 0 Å². The molecule has 0 saturated heterocycles. The molecule has 0 aliphatic heterocycles. The highest BCUT2D eigenvalue weighted by Gasteiger charge is 2.13. The van der Waals surface area contributed by atoms with Crippen LogP contribution in [0.3, 0.4) is 0 Å². The van der Waals surface area contributed by atoms with Crippen molar-refractivity contribution in [2.45, 2.75) is 0 Å². The Bertz CT molecular complexity index is 535. The summed E-state index contributed by atoms with van der Waals surface area (Å²) in [5.74, 6) is 0.515. The lowest BCUT2D eigenvalue weighted by Gasteiger charge is -2.04. The van der Waals surface area contributed by atoms with Crippen LogP contribution in [0.5, 0.6) is 5.75 Å². The molecule has 0 saturated carbocycles. The zero-order valence-electron chi connectivity index (χ0n) is 9.38. The second-order valence-electron chi connectivity index (χ2n) is 3.50. The highest BCUT2D eigenvalue weighted by molar-refractivity contribution is 6.10. The first kappa shape index (κ1) is 11.1. The van der Waals surface area contributed by atoms with Gasteiger partial charge in [-0.05, 0) is 36.4 Å². The molecule has 0 aliphatic carbocycles. The van der Waals surface area contributed by atoms with Crippen molar-refractivity contribution in [3.05, 3.63) is 53.9 Å². The highest BCUT2D eigenvalue weighted by Crippen LogP contribution is 2.16. The van der Waals surface area contributed by atoms with Crippen molar-refractivity contribution < 1.29 is 9.53 Å². The van der Waals surface area contributed by atoms with Gasteiger partial charge in [-0.15, -0.1) is 0 Å². The fourth-order valence-corrected chi connectivity index (χ4v) is 1.49. The Morgan fingerprint density at radius 3 is 2.53 bits per heavy atom. The summed E-state index contributed by atoms with van der Waals surface area (Å²) >= 11 is 0. The molecule has 0 aliphatic rings. The van der Waals surface area contributed by atoms with E-state index in [4.69, 9.17) is 10.5 Å². The molecule has 0 fully saturated rings. The number of ether oxygens (including phenoxy) is 1. The van der Waals surface area contributed by atoms with Crippen LogP contribution in [0, 0.1) is 0 Å². The summed E-state index contributed by atoms with van der Waals surface area (Å²) in [6, 6.07) is 10.2. The van der Waals surface area contributed by atoms with Crippen LogP contribution in [0.2, 0.25) is 0 Å². The molecule has 2 N–H and O–H groups in total. The number of carbonyl (C=O) groups excluding carboxylic acids is 1. The number of methoxy groups -OCH3 is 1. The second kappa shape index (κ2) is 4.65. The maximum atomic E-state index is 12.1. The molecule has 0 unspecified atom stereocenters. The second-order valence-corrected chi connectivity index (χ2v) is 3.50. The average molecular weight is 228 g/mol. The molecule has 17 heavy (non-hydrogen) atoms. The topological polar surface area (TPSA) is 65.2 Å². The Morgan fingerprint density at radius 1 is 1.24 bits per heavy atom. The Hall–Kier alpha value is -2.36. The van der Waals surface area contributed by atoms with Crippen molar-refractivity contribution in [2.24, 2.45) is 0 Å². The SMILES string of the molecule is COc1ccc(C(=O)c2ncccc2N)cc1. The standard InChI is InChI=1S/C13H12N2O2/c1-17-10-6-4-9(5-7-10)13(16)12-11(14)3-2-8-15-12/h2-8H,14H2,1H3. The molecule has 1 aromatic carbocycles. The molecule has 0 atom stereocenters. The number of rotatable bonds is 3. The number of nitrogen functional groups attached to an aromatic ring is 1. The van der Waals surface area contributed by atoms with Crippen molar-refractivity contribution in [3.63, 3.8) is 0 Å². The van der Waals surface area contributed by atoms with E-state index < -0.39 is 0 Å². The van der Waals surface area contributed by atoms with Gasteiger partial charge < -0.3 is 10.5 Å². The van der Waals surface area contributed by atoms with E-state index in [9.17, 15) is 4.79 Å². The van der Waals surface area contributed by atoms with Crippen LogP contribution < -0.4 is 10.5 Å². The van der Waals surface area contributed by atoms with Crippen molar-refractivity contribution in [1.29, 1.82) is 0 Å². The number of hydrogen-bond donors (Lipinski definition) is 1. The Morgan fingerprint density at radius 2 is 1.94 bits per heavy atom. The molecule has 2 aromatic rings. The predicted octanol–water partition coefficient (Wildman–Crippen LogP) is 1.90. The molecular weight excluding hydrogens is 216 g/mol. The van der Waals surface area contributed by atoms with Gasteiger partial charge in [0, 0.05) is 11.8 Å². The molecule has 2 rings (SSSR count). The van der Waals surface area contributed by atoms with Gasteiger partial charge >= 0.3 is 0 Å². The number of nitrogens with two attached hydrogens (primary N) is 1. The van der Waals surface area contributed by atoms with E-state index in [1.165, 1.54) is 0 Å². The summed E-state index contributed by atoms with van der Waals surface area (Å²) in [5.41, 5.74) is 6.90. The normalized spacial score (nSPS) is 9.94. The van der Waals surface area contributed by atoms with E-state index in [1.807, 2.05) is 0 Å². The van der Waals surface area contributed by atoms with Crippen LogP contribution in [0.1, 0.15) is 16.1 Å². The van der Waals surface area contributed by atoms with Gasteiger partial charge in [-0.3, -0.25) is 9.78 Å². The number of ketones is 1. The average Bonchev–Trinajstić information content (AvgIpc) is 2.39. The first-order valence-corrected chi connectivity index (χ1v) is 5.11. The minimum Gasteiger partial charge on any atom is -0.497 e. The quantitative estimate of drug-likeness (QED) is 0.815. The Kier molecular flexibility index (Phi) is 3.05. The maximum absolute atomic E-state index is 12.1. The molecule has 0 bridgehead atoms. The zero-order valence-corrected chi connectivity index (χ0v) is 9.38. The van der Waals surface area contributed by atoms with E-state index >= 15 is 0 Å². The first-order chi connectivity index (χ1) is 8.22. The largest absolute Gasteiger partial charge is 0.497 e. The molecule has 1 heterocycles. The monoisotopic (exact) mass is 228 g/mol. The van der Waals surface area contributed by atoms with Crippen LogP contribution in [0.15, 0.2) is 42.6 Å². The summed E-state index contributed by atoms with van der Waals surface area (Å²) in [6.45, 7) is 0. The molecule has 86 valence electrons. The summed E-state index contributed by atoms with van der Waals surface area (Å²) in [7, 11) is 1.58. The third-order valence-electron chi connectivity index (χ3n) is 2.41. The number of aromatic nitrogens is 1. The van der Waals surface area contributed by atoms with Gasteiger partial charge in [-0.2, -0.15) is 0 Å². The van der Waals surface area contributed by atoms with E-state index in [1.54, 1.807) is 49.7 Å². The van der Waals surface area contributed by atoms with Gasteiger partial charge in [0.15, 0.2) is 0 Å². The predicted molar refractivity (Wildman–Crippen MR) is 65.1 cm³/mol. The van der Waals surface area contributed by atoms with Crippen LogP contribution >= 0.6 is 0 Å². The minimum atomic E-state index is -0.189. The van der Waals surface area contributed by atoms with E-state index in [2.05, 4.69) is 4.98 Å². The van der Waals surface area contributed by atoms with E-state index in [0.717, 1.165) is 0 Å². The molecule has 0 radical (unpaired) electrons. The Labute approximate surface area is 99.1 Å². The lowest BCUT2D eigenvalue weighted by molar-refractivity contribution is 0.103. The van der Waals surface area contributed by atoms with Crippen LogP contribution in [0.25, 0.3) is 0 Å². The number of carbonyl (C=O) groups is 1. The maximum Gasteiger partial charge on any atom is 0.213 e. The van der Waals surface area contributed by atoms with Crippen molar-refractivity contribution in [2.75, 3.05) is 12.8 Å². The lowest BCUT2D eigenvalue weighted by Crippen LogP contribution is -2.07. The molecule has 4 heteroatoms. The molecular formula is C13H12N2O2. The number of hydrogen-bond acceptors (Lipinski definition) is 4. The number of benzene rings is 1. The number of nitrogens with zero attached hydrogens (tertiary/aromatic N) is 1. The Balaban J connectivity index is 2.34. The molecule has 0 amide bonds. The van der Waals surface area contributed by atoms with Crippen molar-refractivity contribution >= 4 is 11.5 Å². The van der Waals surface area contributed by atoms with Crippen LogP contribution in [0.4, 0.5) is 5.69 Å². The summed E-state index contributed by atoms with van der Waals surface area (Å²) in [6.07, 6.45) is 1.55. The van der Waals surface area contributed by atoms with Gasteiger partial charge in [-0.25, -0.2) is 0 Å². The van der Waals surface area contributed by atoms with Gasteiger partial charge in [0.05, 0.1) is 12.8 Å². The number of pyridine rings is 1. The third kappa shape index (κ3) is 2.25.